The smallest absolute Gasteiger partial charge is 0.291 e. The van der Waals surface area contributed by atoms with Crippen LogP contribution < -0.4 is 10.7 Å². The Morgan fingerprint density at radius 2 is 1.46 bits per heavy atom. The molecule has 0 unspecified atom stereocenters. The summed E-state index contributed by atoms with van der Waals surface area (Å²) in [5, 5.41) is 17.7. The van der Waals surface area contributed by atoms with E-state index in [2.05, 4.69) is 26.1 Å². The summed E-state index contributed by atoms with van der Waals surface area (Å²) in [6, 6.07) is 29.9. The predicted molar refractivity (Wildman–Crippen MR) is 159 cm³/mol. The minimum atomic E-state index is -0.352. The summed E-state index contributed by atoms with van der Waals surface area (Å²) in [4.78, 5) is 26.2. The minimum absolute atomic E-state index is 0.234. The molecule has 2 N–H and O–H groups in total. The number of hydrazone groups is 1. The van der Waals surface area contributed by atoms with Crippen LogP contribution >= 0.6 is 0 Å². The third kappa shape index (κ3) is 5.53. The molecule has 1 heterocycles. The summed E-state index contributed by atoms with van der Waals surface area (Å²) < 4.78 is 6.02. The third-order valence-corrected chi connectivity index (χ3v) is 7.02. The van der Waals surface area contributed by atoms with E-state index in [1.54, 1.807) is 30.3 Å². The highest BCUT2D eigenvalue weighted by Gasteiger charge is 2.28. The monoisotopic (exact) mass is 541 g/mol. The van der Waals surface area contributed by atoms with Gasteiger partial charge in [-0.1, -0.05) is 54.6 Å². The lowest BCUT2D eigenvalue weighted by atomic mass is 9.93. The molecule has 1 aliphatic carbocycles. The second-order valence-corrected chi connectivity index (χ2v) is 9.77. The lowest BCUT2D eigenvalue weighted by Crippen LogP contribution is -2.22. The summed E-state index contributed by atoms with van der Waals surface area (Å²) in [5.74, 6) is 0.300. The molecular formula is C33H27N5O3. The highest BCUT2D eigenvalue weighted by molar-refractivity contribution is 6.11. The first-order chi connectivity index (χ1) is 20.1. The van der Waals surface area contributed by atoms with Crippen molar-refractivity contribution in [2.75, 3.05) is 5.32 Å². The Labute approximate surface area is 236 Å². The van der Waals surface area contributed by atoms with Crippen LogP contribution in [0.5, 0.6) is 0 Å². The normalized spacial score (nSPS) is 13.8. The molecule has 202 valence electrons. The molecule has 0 bridgehead atoms. The molecule has 1 aliphatic rings. The highest BCUT2D eigenvalue weighted by Crippen LogP contribution is 2.31. The fraction of sp³-hybridized carbons (Fsp3) is 0.121. The van der Waals surface area contributed by atoms with Crippen LogP contribution in [0.15, 0.2) is 117 Å². The molecule has 8 nitrogen and oxygen atoms in total. The van der Waals surface area contributed by atoms with Crippen LogP contribution in [0, 0.1) is 6.92 Å². The van der Waals surface area contributed by atoms with Crippen molar-refractivity contribution in [3.05, 3.63) is 125 Å². The van der Waals surface area contributed by atoms with Crippen LogP contribution in [0.3, 0.4) is 0 Å². The SMILES string of the molecule is Cc1c(C(=O)Nc2ccc(N=Nc3ccccc3)cc2)oc2c1C(=NNC(=O)c1cccc3ccccc13)CCC2. The van der Waals surface area contributed by atoms with E-state index >= 15 is 0 Å². The first kappa shape index (κ1) is 25.9. The van der Waals surface area contributed by atoms with E-state index in [4.69, 9.17) is 4.42 Å². The lowest BCUT2D eigenvalue weighted by molar-refractivity contribution is 0.0955. The Balaban J connectivity index is 1.17. The molecule has 2 amide bonds. The molecule has 4 aromatic carbocycles. The molecule has 0 radical (unpaired) electrons. The number of nitrogens with one attached hydrogen (secondary N) is 2. The molecule has 0 fully saturated rings. The summed E-state index contributed by atoms with van der Waals surface area (Å²) in [6.45, 7) is 1.84. The Morgan fingerprint density at radius 3 is 2.27 bits per heavy atom. The van der Waals surface area contributed by atoms with E-state index in [0.717, 1.165) is 28.4 Å². The molecule has 6 rings (SSSR count). The van der Waals surface area contributed by atoms with Crippen molar-refractivity contribution in [2.24, 2.45) is 15.3 Å². The second kappa shape index (κ2) is 11.4. The van der Waals surface area contributed by atoms with E-state index in [9.17, 15) is 9.59 Å². The number of furan rings is 1. The number of amides is 2. The van der Waals surface area contributed by atoms with Gasteiger partial charge in [-0.25, -0.2) is 5.43 Å². The van der Waals surface area contributed by atoms with Gasteiger partial charge in [0.2, 0.25) is 0 Å². The Morgan fingerprint density at radius 1 is 0.756 bits per heavy atom. The molecule has 8 heteroatoms. The first-order valence-corrected chi connectivity index (χ1v) is 13.4. The van der Waals surface area contributed by atoms with E-state index in [1.807, 2.05) is 73.7 Å². The van der Waals surface area contributed by atoms with Gasteiger partial charge in [0.1, 0.15) is 5.76 Å². The van der Waals surface area contributed by atoms with Crippen LogP contribution in [0.1, 0.15) is 50.6 Å². The number of carbonyl (C=O) groups is 2. The molecule has 0 spiro atoms. The number of rotatable bonds is 6. The number of benzene rings is 4. The number of carbonyl (C=O) groups excluding carboxylic acids is 2. The molecule has 0 saturated heterocycles. The van der Waals surface area contributed by atoms with E-state index in [-0.39, 0.29) is 17.6 Å². The summed E-state index contributed by atoms with van der Waals surface area (Å²) in [5.41, 5.74) is 7.51. The van der Waals surface area contributed by atoms with Gasteiger partial charge in [0.25, 0.3) is 11.8 Å². The Kier molecular flexibility index (Phi) is 7.19. The summed E-state index contributed by atoms with van der Waals surface area (Å²) in [6.07, 6.45) is 2.17. The van der Waals surface area contributed by atoms with Gasteiger partial charge in [0.05, 0.1) is 17.1 Å². The maximum absolute atomic E-state index is 13.2. The van der Waals surface area contributed by atoms with Gasteiger partial charge in [-0.2, -0.15) is 15.3 Å². The highest BCUT2D eigenvalue weighted by atomic mass is 16.4. The zero-order chi connectivity index (χ0) is 28.2. The van der Waals surface area contributed by atoms with Crippen LogP contribution in [-0.2, 0) is 6.42 Å². The van der Waals surface area contributed by atoms with Gasteiger partial charge in [0, 0.05) is 28.8 Å². The topological polar surface area (TPSA) is 108 Å². The number of anilines is 1. The van der Waals surface area contributed by atoms with Gasteiger partial charge in [0.15, 0.2) is 5.76 Å². The number of aryl methyl sites for hydroxylation is 1. The van der Waals surface area contributed by atoms with Crippen LogP contribution in [0.2, 0.25) is 0 Å². The number of hydrogen-bond acceptors (Lipinski definition) is 6. The van der Waals surface area contributed by atoms with Crippen molar-refractivity contribution in [2.45, 2.75) is 26.2 Å². The van der Waals surface area contributed by atoms with Gasteiger partial charge in [-0.15, -0.1) is 0 Å². The second-order valence-electron chi connectivity index (χ2n) is 9.77. The maximum Gasteiger partial charge on any atom is 0.291 e. The molecule has 0 saturated carbocycles. The number of nitrogens with zero attached hydrogens (tertiary/aromatic N) is 3. The van der Waals surface area contributed by atoms with Crippen LogP contribution in [0.25, 0.3) is 10.8 Å². The lowest BCUT2D eigenvalue weighted by Gasteiger charge is -2.13. The van der Waals surface area contributed by atoms with Gasteiger partial charge < -0.3 is 9.73 Å². The first-order valence-electron chi connectivity index (χ1n) is 13.4. The van der Waals surface area contributed by atoms with E-state index in [1.165, 1.54) is 0 Å². The Hall–Kier alpha value is -5.37. The number of fused-ring (bicyclic) bond motifs is 2. The maximum atomic E-state index is 13.2. The predicted octanol–water partition coefficient (Wildman–Crippen LogP) is 7.88. The van der Waals surface area contributed by atoms with E-state index in [0.29, 0.717) is 46.8 Å². The van der Waals surface area contributed by atoms with Crippen molar-refractivity contribution in [1.82, 2.24) is 5.43 Å². The molecule has 0 atom stereocenters. The van der Waals surface area contributed by atoms with Gasteiger partial charge >= 0.3 is 0 Å². The number of hydrogen-bond donors (Lipinski definition) is 2. The number of azo groups is 1. The molecular weight excluding hydrogens is 514 g/mol. The zero-order valence-corrected chi connectivity index (χ0v) is 22.4. The van der Waals surface area contributed by atoms with Crippen molar-refractivity contribution in [3.63, 3.8) is 0 Å². The van der Waals surface area contributed by atoms with Crippen LogP contribution in [0.4, 0.5) is 17.1 Å². The average Bonchev–Trinajstić information content (AvgIpc) is 3.36. The standard InChI is InChI=1S/C33H27N5O3/c1-21-30-28(37-38-32(39)27-14-7-10-22-9-5-6-13-26(22)27)15-8-16-29(30)41-31(21)33(40)34-23-17-19-25(20-18-23)36-35-24-11-3-2-4-12-24/h2-7,9-14,17-20H,8,15-16H2,1H3,(H,34,40)(H,38,39). The molecule has 0 aliphatic heterocycles. The fourth-order valence-electron chi connectivity index (χ4n) is 5.01. The minimum Gasteiger partial charge on any atom is -0.455 e. The Bertz CT molecular complexity index is 1800. The molecule has 41 heavy (non-hydrogen) atoms. The molecule has 1 aromatic heterocycles. The van der Waals surface area contributed by atoms with Gasteiger partial charge in [-0.05, 0) is 73.0 Å². The third-order valence-electron chi connectivity index (χ3n) is 7.02. The van der Waals surface area contributed by atoms with Crippen molar-refractivity contribution in [1.29, 1.82) is 0 Å². The quantitative estimate of drug-likeness (QED) is 0.169. The van der Waals surface area contributed by atoms with Crippen molar-refractivity contribution < 1.29 is 14.0 Å². The van der Waals surface area contributed by atoms with Crippen molar-refractivity contribution >= 4 is 45.4 Å². The van der Waals surface area contributed by atoms with E-state index < -0.39 is 0 Å². The van der Waals surface area contributed by atoms with Crippen LogP contribution in [-0.4, -0.2) is 17.5 Å². The fourth-order valence-corrected chi connectivity index (χ4v) is 5.01. The zero-order valence-electron chi connectivity index (χ0n) is 22.4. The summed E-state index contributed by atoms with van der Waals surface area (Å²) in [7, 11) is 0. The average molecular weight is 542 g/mol. The van der Waals surface area contributed by atoms with Gasteiger partial charge in [-0.3, -0.25) is 9.59 Å². The summed E-state index contributed by atoms with van der Waals surface area (Å²) >= 11 is 0. The molecule has 5 aromatic rings. The van der Waals surface area contributed by atoms with Crippen molar-refractivity contribution in [3.8, 4) is 0 Å². The largest absolute Gasteiger partial charge is 0.455 e.